The van der Waals surface area contributed by atoms with Crippen LogP contribution in [0.4, 0.5) is 0 Å². The molecule has 1 aromatic heterocycles. The summed E-state index contributed by atoms with van der Waals surface area (Å²) in [6, 6.07) is 13.0. The maximum absolute atomic E-state index is 12.7. The van der Waals surface area contributed by atoms with Crippen LogP contribution in [0.2, 0.25) is 0 Å². The number of allylic oxidation sites excluding steroid dienone is 2. The number of amides is 1. The van der Waals surface area contributed by atoms with Crippen molar-refractivity contribution in [1.82, 2.24) is 14.7 Å². The first-order chi connectivity index (χ1) is 15.5. The van der Waals surface area contributed by atoms with E-state index in [9.17, 15) is 4.79 Å². The summed E-state index contributed by atoms with van der Waals surface area (Å²) in [6.07, 6.45) is 8.14. The Kier molecular flexibility index (Phi) is 7.49. The van der Waals surface area contributed by atoms with Crippen molar-refractivity contribution in [1.29, 1.82) is 0 Å². The fourth-order valence-corrected chi connectivity index (χ4v) is 6.35. The van der Waals surface area contributed by atoms with E-state index < -0.39 is 0 Å². The summed E-state index contributed by atoms with van der Waals surface area (Å²) < 4.78 is 0. The lowest BCUT2D eigenvalue weighted by Gasteiger charge is -2.46. The Morgan fingerprint density at radius 1 is 1.09 bits per heavy atom. The Hall–Kier alpha value is -1.95. The largest absolute Gasteiger partial charge is 0.346 e. The van der Waals surface area contributed by atoms with Crippen LogP contribution in [-0.2, 0) is 16.8 Å². The number of carbonyl (C=O) groups is 1. The molecule has 0 bridgehead atoms. The zero-order chi connectivity index (χ0) is 22.6. The van der Waals surface area contributed by atoms with Crippen LogP contribution in [-0.4, -0.2) is 67.9 Å². The SMILES string of the molecule is CN(CCCN1CCC(c2cccs2)(N(C)C)CC1)C(=O)CCC1=CCc2ccccc21. The third kappa shape index (κ3) is 5.00. The molecule has 1 aliphatic carbocycles. The van der Waals surface area contributed by atoms with Gasteiger partial charge in [-0.05, 0) is 80.9 Å². The lowest BCUT2D eigenvalue weighted by atomic mass is 9.84. The van der Waals surface area contributed by atoms with Gasteiger partial charge in [-0.3, -0.25) is 9.69 Å². The zero-order valence-corrected chi connectivity index (χ0v) is 20.7. The molecule has 0 saturated carbocycles. The quantitative estimate of drug-likeness (QED) is 0.544. The van der Waals surface area contributed by atoms with Crippen LogP contribution in [0.3, 0.4) is 0 Å². The number of thiophene rings is 1. The van der Waals surface area contributed by atoms with E-state index in [4.69, 9.17) is 0 Å². The molecule has 5 heteroatoms. The van der Waals surface area contributed by atoms with E-state index in [1.807, 2.05) is 23.3 Å². The topological polar surface area (TPSA) is 26.8 Å². The van der Waals surface area contributed by atoms with Crippen molar-refractivity contribution in [2.75, 3.05) is 47.3 Å². The maximum atomic E-state index is 12.7. The number of likely N-dealkylation sites (tertiary alicyclic amines) is 1. The highest BCUT2D eigenvalue weighted by atomic mass is 32.1. The first-order valence-corrected chi connectivity index (χ1v) is 12.8. The van der Waals surface area contributed by atoms with Crippen LogP contribution < -0.4 is 0 Å². The van der Waals surface area contributed by atoms with E-state index in [1.54, 1.807) is 0 Å². The predicted molar refractivity (Wildman–Crippen MR) is 135 cm³/mol. The molecule has 4 nitrogen and oxygen atoms in total. The van der Waals surface area contributed by atoms with E-state index >= 15 is 0 Å². The van der Waals surface area contributed by atoms with Crippen molar-refractivity contribution >= 4 is 22.8 Å². The van der Waals surface area contributed by atoms with Crippen LogP contribution in [0.1, 0.15) is 48.1 Å². The van der Waals surface area contributed by atoms with Gasteiger partial charge in [0.1, 0.15) is 0 Å². The summed E-state index contributed by atoms with van der Waals surface area (Å²) >= 11 is 1.88. The Morgan fingerprint density at radius 2 is 1.88 bits per heavy atom. The lowest BCUT2D eigenvalue weighted by Crippen LogP contribution is -2.50. The highest BCUT2D eigenvalue weighted by Crippen LogP contribution is 2.39. The van der Waals surface area contributed by atoms with E-state index in [2.05, 4.69) is 71.7 Å². The summed E-state index contributed by atoms with van der Waals surface area (Å²) in [7, 11) is 6.40. The second-order valence-electron chi connectivity index (χ2n) is 9.50. The highest BCUT2D eigenvalue weighted by Gasteiger charge is 2.38. The average Bonchev–Trinajstić information content (AvgIpc) is 3.48. The van der Waals surface area contributed by atoms with Crippen molar-refractivity contribution in [3.8, 4) is 0 Å². The number of piperidine rings is 1. The second-order valence-corrected chi connectivity index (χ2v) is 10.5. The minimum absolute atomic E-state index is 0.185. The van der Waals surface area contributed by atoms with Gasteiger partial charge in [-0.2, -0.15) is 0 Å². The number of rotatable bonds is 9. The molecule has 32 heavy (non-hydrogen) atoms. The van der Waals surface area contributed by atoms with Gasteiger partial charge in [-0.25, -0.2) is 0 Å². The van der Waals surface area contributed by atoms with E-state index in [1.165, 1.54) is 34.4 Å². The Morgan fingerprint density at radius 3 is 2.59 bits per heavy atom. The molecule has 0 atom stereocenters. The van der Waals surface area contributed by atoms with Gasteiger partial charge in [0.05, 0.1) is 5.54 Å². The fourth-order valence-electron chi connectivity index (χ4n) is 5.28. The molecule has 4 rings (SSSR count). The summed E-state index contributed by atoms with van der Waals surface area (Å²) in [5.74, 6) is 0.262. The number of hydrogen-bond donors (Lipinski definition) is 0. The Labute approximate surface area is 197 Å². The Bertz CT molecular complexity index is 926. The van der Waals surface area contributed by atoms with Crippen LogP contribution >= 0.6 is 11.3 Å². The molecule has 1 aromatic carbocycles. The van der Waals surface area contributed by atoms with Crippen molar-refractivity contribution < 1.29 is 4.79 Å². The van der Waals surface area contributed by atoms with Crippen LogP contribution in [0.15, 0.2) is 47.9 Å². The minimum Gasteiger partial charge on any atom is -0.346 e. The molecule has 2 aliphatic rings. The maximum Gasteiger partial charge on any atom is 0.222 e. The van der Waals surface area contributed by atoms with Gasteiger partial charge in [-0.15, -0.1) is 11.3 Å². The van der Waals surface area contributed by atoms with Gasteiger partial charge >= 0.3 is 0 Å². The molecule has 2 heterocycles. The number of fused-ring (bicyclic) bond motifs is 1. The molecule has 1 saturated heterocycles. The predicted octanol–water partition coefficient (Wildman–Crippen LogP) is 4.87. The monoisotopic (exact) mass is 451 g/mol. The molecule has 2 aromatic rings. The molecule has 1 amide bonds. The minimum atomic E-state index is 0.185. The van der Waals surface area contributed by atoms with E-state index in [-0.39, 0.29) is 11.4 Å². The molecule has 0 unspecified atom stereocenters. The lowest BCUT2D eigenvalue weighted by molar-refractivity contribution is -0.129. The fraction of sp³-hybridized carbons (Fsp3) is 0.519. The van der Waals surface area contributed by atoms with E-state index in [0.717, 1.165) is 45.4 Å². The van der Waals surface area contributed by atoms with Crippen LogP contribution in [0.25, 0.3) is 5.57 Å². The molecule has 0 N–H and O–H groups in total. The van der Waals surface area contributed by atoms with Gasteiger partial charge < -0.3 is 9.80 Å². The van der Waals surface area contributed by atoms with Crippen molar-refractivity contribution in [3.63, 3.8) is 0 Å². The first kappa shape index (κ1) is 23.2. The van der Waals surface area contributed by atoms with Crippen LogP contribution in [0, 0.1) is 0 Å². The summed E-state index contributed by atoms with van der Waals surface area (Å²) in [4.78, 5) is 21.1. The molecule has 172 valence electrons. The summed E-state index contributed by atoms with van der Waals surface area (Å²) in [6.45, 7) is 4.17. The molecule has 1 fully saturated rings. The molecular formula is C27H37N3OS. The molecule has 1 aliphatic heterocycles. The van der Waals surface area contributed by atoms with Crippen molar-refractivity contribution in [2.45, 2.75) is 44.1 Å². The average molecular weight is 452 g/mol. The van der Waals surface area contributed by atoms with Gasteiger partial charge in [0.15, 0.2) is 0 Å². The number of carbonyl (C=O) groups excluding carboxylic acids is 1. The third-order valence-electron chi connectivity index (χ3n) is 7.45. The van der Waals surface area contributed by atoms with Crippen molar-refractivity contribution in [2.24, 2.45) is 0 Å². The zero-order valence-electron chi connectivity index (χ0n) is 19.8. The standard InChI is InChI=1S/C27H37N3OS/c1-28(2)27(25-10-6-21-32-25)15-19-30(20-16-27)18-7-17-29(3)26(31)14-13-23-12-11-22-8-4-5-9-24(22)23/h4-6,8-10,12,21H,7,11,13-20H2,1-3H3. The number of nitrogens with zero attached hydrogens (tertiary/aromatic N) is 3. The Balaban J connectivity index is 1.18. The second kappa shape index (κ2) is 10.3. The number of benzene rings is 1. The molecular weight excluding hydrogens is 414 g/mol. The number of hydrogen-bond acceptors (Lipinski definition) is 4. The molecule has 0 spiro atoms. The smallest absolute Gasteiger partial charge is 0.222 e. The summed E-state index contributed by atoms with van der Waals surface area (Å²) in [5, 5.41) is 2.20. The van der Waals surface area contributed by atoms with E-state index in [0.29, 0.717) is 6.42 Å². The third-order valence-corrected chi connectivity index (χ3v) is 8.52. The normalized spacial score (nSPS) is 17.9. The van der Waals surface area contributed by atoms with Crippen LogP contribution in [0.5, 0.6) is 0 Å². The van der Waals surface area contributed by atoms with Gasteiger partial charge in [0, 0.05) is 38.0 Å². The van der Waals surface area contributed by atoms with Gasteiger partial charge in [0.25, 0.3) is 0 Å². The van der Waals surface area contributed by atoms with Gasteiger partial charge in [-0.1, -0.05) is 36.4 Å². The first-order valence-electron chi connectivity index (χ1n) is 11.9. The highest BCUT2D eigenvalue weighted by molar-refractivity contribution is 7.10. The van der Waals surface area contributed by atoms with Crippen molar-refractivity contribution in [3.05, 3.63) is 63.9 Å². The molecule has 0 radical (unpaired) electrons. The summed E-state index contributed by atoms with van der Waals surface area (Å²) in [5.41, 5.74) is 4.25. The van der Waals surface area contributed by atoms with Gasteiger partial charge in [0.2, 0.25) is 5.91 Å².